The van der Waals surface area contributed by atoms with E-state index in [2.05, 4.69) is 5.10 Å². The molecule has 0 saturated heterocycles. The molecule has 1 heterocycles. The van der Waals surface area contributed by atoms with Gasteiger partial charge in [0.05, 0.1) is 5.69 Å². The lowest BCUT2D eigenvalue weighted by Gasteiger charge is -2.11. The molecule has 3 rings (SSSR count). The van der Waals surface area contributed by atoms with Crippen LogP contribution in [-0.2, 0) is 11.4 Å². The van der Waals surface area contributed by atoms with Gasteiger partial charge in [-0.05, 0) is 49.4 Å². The predicted octanol–water partition coefficient (Wildman–Crippen LogP) is 2.70. The Morgan fingerprint density at radius 2 is 1.76 bits per heavy atom. The molecule has 0 fully saturated rings. The Hall–Kier alpha value is -3.28. The molecule has 0 saturated carbocycles. The Morgan fingerprint density at radius 3 is 2.44 bits per heavy atom. The third-order valence-corrected chi connectivity index (χ3v) is 3.59. The van der Waals surface area contributed by atoms with Crippen LogP contribution in [0.1, 0.15) is 12.6 Å². The number of para-hydroxylation sites is 1. The van der Waals surface area contributed by atoms with E-state index in [0.29, 0.717) is 18.1 Å². The van der Waals surface area contributed by atoms with Crippen LogP contribution in [-0.4, -0.2) is 21.8 Å². The smallest absolute Gasteiger partial charge is 0.258 e. The van der Waals surface area contributed by atoms with Crippen molar-refractivity contribution in [2.75, 3.05) is 0 Å². The number of rotatable bonds is 7. The van der Waals surface area contributed by atoms with Crippen molar-refractivity contribution in [2.24, 2.45) is 5.73 Å². The number of aromatic nitrogens is 2. The molecule has 0 bridgehead atoms. The van der Waals surface area contributed by atoms with Gasteiger partial charge in [0.2, 0.25) is 0 Å². The molecule has 1 atom stereocenters. The van der Waals surface area contributed by atoms with Gasteiger partial charge in [0, 0.05) is 6.20 Å². The van der Waals surface area contributed by atoms with Gasteiger partial charge in [-0.2, -0.15) is 5.10 Å². The average molecular weight is 337 g/mol. The Morgan fingerprint density at radius 1 is 1.08 bits per heavy atom. The van der Waals surface area contributed by atoms with E-state index >= 15 is 0 Å². The molecular formula is C19H19N3O3. The number of hydrogen-bond acceptors (Lipinski definition) is 4. The van der Waals surface area contributed by atoms with Crippen molar-refractivity contribution in [3.8, 4) is 17.2 Å². The number of nitrogens with two attached hydrogens (primary N) is 1. The molecule has 1 aromatic heterocycles. The summed E-state index contributed by atoms with van der Waals surface area (Å²) in [6.45, 7) is 1.97. The number of amides is 1. The Kier molecular flexibility index (Phi) is 4.99. The molecule has 0 aliphatic carbocycles. The minimum atomic E-state index is -0.672. The van der Waals surface area contributed by atoms with Crippen LogP contribution in [0.25, 0.3) is 5.69 Å². The molecule has 0 aliphatic heterocycles. The molecular weight excluding hydrogens is 318 g/mol. The molecule has 6 nitrogen and oxygen atoms in total. The van der Waals surface area contributed by atoms with E-state index in [0.717, 1.165) is 11.4 Å². The second-order valence-corrected chi connectivity index (χ2v) is 5.51. The molecule has 25 heavy (non-hydrogen) atoms. The highest BCUT2D eigenvalue weighted by Crippen LogP contribution is 2.19. The quantitative estimate of drug-likeness (QED) is 0.719. The lowest BCUT2D eigenvalue weighted by molar-refractivity contribution is -0.123. The van der Waals surface area contributed by atoms with Gasteiger partial charge in [0.15, 0.2) is 6.10 Å². The molecule has 2 aromatic carbocycles. The van der Waals surface area contributed by atoms with Gasteiger partial charge >= 0.3 is 0 Å². The Balaban J connectivity index is 1.57. The lowest BCUT2D eigenvalue weighted by Crippen LogP contribution is -2.30. The van der Waals surface area contributed by atoms with Crippen LogP contribution in [0.3, 0.4) is 0 Å². The zero-order valence-electron chi connectivity index (χ0n) is 13.8. The van der Waals surface area contributed by atoms with Crippen molar-refractivity contribution in [1.82, 2.24) is 9.78 Å². The molecule has 3 aromatic rings. The van der Waals surface area contributed by atoms with Crippen LogP contribution < -0.4 is 15.2 Å². The maximum Gasteiger partial charge on any atom is 0.258 e. The van der Waals surface area contributed by atoms with Gasteiger partial charge in [-0.25, -0.2) is 4.68 Å². The Bertz CT molecular complexity index is 829. The summed E-state index contributed by atoms with van der Waals surface area (Å²) in [5, 5.41) is 4.49. The van der Waals surface area contributed by atoms with E-state index in [4.69, 9.17) is 15.2 Å². The first-order valence-corrected chi connectivity index (χ1v) is 7.90. The summed E-state index contributed by atoms with van der Waals surface area (Å²) in [6.07, 6.45) is 1.23. The van der Waals surface area contributed by atoms with Crippen LogP contribution in [0.15, 0.2) is 66.9 Å². The van der Waals surface area contributed by atoms with Crippen molar-refractivity contribution in [2.45, 2.75) is 19.6 Å². The molecule has 0 spiro atoms. The van der Waals surface area contributed by atoms with E-state index in [1.54, 1.807) is 35.9 Å². The first kappa shape index (κ1) is 16.6. The fourth-order valence-electron chi connectivity index (χ4n) is 2.20. The monoisotopic (exact) mass is 337 g/mol. The average Bonchev–Trinajstić information content (AvgIpc) is 3.11. The summed E-state index contributed by atoms with van der Waals surface area (Å²) >= 11 is 0. The van der Waals surface area contributed by atoms with E-state index in [1.165, 1.54) is 0 Å². The minimum absolute atomic E-state index is 0.359. The molecule has 0 radical (unpaired) electrons. The summed E-state index contributed by atoms with van der Waals surface area (Å²) in [6, 6.07) is 18.8. The fourth-order valence-corrected chi connectivity index (χ4v) is 2.20. The van der Waals surface area contributed by atoms with Gasteiger partial charge in [-0.3, -0.25) is 4.79 Å². The number of primary amides is 1. The Labute approximate surface area is 145 Å². The van der Waals surface area contributed by atoms with E-state index < -0.39 is 12.0 Å². The number of carbonyl (C=O) groups excluding carboxylic acids is 1. The molecule has 128 valence electrons. The van der Waals surface area contributed by atoms with Crippen molar-refractivity contribution < 1.29 is 14.3 Å². The third kappa shape index (κ3) is 4.38. The van der Waals surface area contributed by atoms with Crippen molar-refractivity contribution in [3.63, 3.8) is 0 Å². The van der Waals surface area contributed by atoms with Gasteiger partial charge in [0.1, 0.15) is 23.8 Å². The summed E-state index contributed by atoms with van der Waals surface area (Å²) < 4.78 is 12.9. The van der Waals surface area contributed by atoms with Crippen molar-refractivity contribution in [3.05, 3.63) is 72.6 Å². The van der Waals surface area contributed by atoms with Gasteiger partial charge < -0.3 is 15.2 Å². The largest absolute Gasteiger partial charge is 0.487 e. The van der Waals surface area contributed by atoms with E-state index in [1.807, 2.05) is 42.6 Å². The fraction of sp³-hybridized carbons (Fsp3) is 0.158. The zero-order valence-corrected chi connectivity index (χ0v) is 13.8. The molecule has 0 unspecified atom stereocenters. The second-order valence-electron chi connectivity index (χ2n) is 5.51. The maximum absolute atomic E-state index is 11.0. The van der Waals surface area contributed by atoms with Gasteiger partial charge in [0.25, 0.3) is 5.91 Å². The topological polar surface area (TPSA) is 79.4 Å². The molecule has 2 N–H and O–H groups in total. The first-order chi connectivity index (χ1) is 12.1. The van der Waals surface area contributed by atoms with Crippen molar-refractivity contribution >= 4 is 5.91 Å². The van der Waals surface area contributed by atoms with E-state index in [9.17, 15) is 4.79 Å². The summed E-state index contributed by atoms with van der Waals surface area (Å²) in [7, 11) is 0. The number of benzene rings is 2. The number of hydrogen-bond donors (Lipinski definition) is 1. The van der Waals surface area contributed by atoms with Crippen molar-refractivity contribution in [1.29, 1.82) is 0 Å². The van der Waals surface area contributed by atoms with Gasteiger partial charge in [-0.1, -0.05) is 18.2 Å². The van der Waals surface area contributed by atoms with Crippen LogP contribution in [0.5, 0.6) is 11.5 Å². The third-order valence-electron chi connectivity index (χ3n) is 3.59. The highest BCUT2D eigenvalue weighted by molar-refractivity contribution is 5.78. The minimum Gasteiger partial charge on any atom is -0.487 e. The highest BCUT2D eigenvalue weighted by Gasteiger charge is 2.10. The predicted molar refractivity (Wildman–Crippen MR) is 93.6 cm³/mol. The summed E-state index contributed by atoms with van der Waals surface area (Å²) in [4.78, 5) is 11.0. The first-order valence-electron chi connectivity index (χ1n) is 7.90. The second kappa shape index (κ2) is 7.53. The summed E-state index contributed by atoms with van der Waals surface area (Å²) in [5.74, 6) is 0.745. The van der Waals surface area contributed by atoms with Gasteiger partial charge in [-0.15, -0.1) is 0 Å². The molecule has 0 aliphatic rings. The maximum atomic E-state index is 11.0. The number of nitrogens with zero attached hydrogens (tertiary/aromatic N) is 2. The van der Waals surface area contributed by atoms with Crippen LogP contribution >= 0.6 is 0 Å². The zero-order chi connectivity index (χ0) is 17.6. The molecule has 1 amide bonds. The van der Waals surface area contributed by atoms with E-state index in [-0.39, 0.29) is 0 Å². The van der Waals surface area contributed by atoms with Crippen LogP contribution in [0, 0.1) is 0 Å². The summed E-state index contributed by atoms with van der Waals surface area (Å²) in [5.41, 5.74) is 7.00. The lowest BCUT2D eigenvalue weighted by atomic mass is 10.3. The molecule has 6 heteroatoms. The number of ether oxygens (including phenoxy) is 2. The van der Waals surface area contributed by atoms with Crippen LogP contribution in [0.4, 0.5) is 0 Å². The normalized spacial score (nSPS) is 11.7. The number of carbonyl (C=O) groups is 1. The van der Waals surface area contributed by atoms with Crippen LogP contribution in [0.2, 0.25) is 0 Å². The SMILES string of the molecule is C[C@H](Oc1ccc(OCc2ccn(-c3ccccc3)n2)cc1)C(N)=O. The standard InChI is InChI=1S/C19H19N3O3/c1-14(19(20)23)25-18-9-7-17(8-10-18)24-13-15-11-12-22(21-15)16-5-3-2-4-6-16/h2-12,14H,13H2,1H3,(H2,20,23)/t14-/m0/s1. The highest BCUT2D eigenvalue weighted by atomic mass is 16.5.